The summed E-state index contributed by atoms with van der Waals surface area (Å²) in [5.74, 6) is 1.04. The van der Waals surface area contributed by atoms with Gasteiger partial charge in [0.25, 0.3) is 0 Å². The van der Waals surface area contributed by atoms with E-state index < -0.39 is 5.97 Å². The van der Waals surface area contributed by atoms with Gasteiger partial charge in [-0.05, 0) is 25.0 Å². The predicted octanol–water partition coefficient (Wildman–Crippen LogP) is 3.80. The van der Waals surface area contributed by atoms with E-state index in [0.29, 0.717) is 5.76 Å². The summed E-state index contributed by atoms with van der Waals surface area (Å²) in [6.45, 7) is 1.90. The van der Waals surface area contributed by atoms with Gasteiger partial charge >= 0.3 is 5.97 Å². The normalized spacial score (nSPS) is 19.7. The van der Waals surface area contributed by atoms with Crippen molar-refractivity contribution in [3.63, 3.8) is 0 Å². The molecule has 22 heavy (non-hydrogen) atoms. The Kier molecular flexibility index (Phi) is 6.65. The maximum Gasteiger partial charge on any atom is 0.341 e. The third kappa shape index (κ3) is 4.70. The zero-order valence-corrected chi connectivity index (χ0v) is 13.7. The number of fused-ring (bicyclic) bond motifs is 1. The Hall–Kier alpha value is -1.62. The Bertz CT molecular complexity index is 520. The van der Waals surface area contributed by atoms with Crippen molar-refractivity contribution >= 4 is 17.9 Å². The molecule has 5 heteroatoms. The summed E-state index contributed by atoms with van der Waals surface area (Å²) in [7, 11) is 0. The average Bonchev–Trinajstić information content (AvgIpc) is 2.52. The zero-order chi connectivity index (χ0) is 15.8. The molecule has 1 atom stereocenters. The molecule has 2 aliphatic rings. The highest BCUT2D eigenvalue weighted by atomic mass is 32.2. The molecule has 0 aromatic rings. The molecule has 0 radical (unpaired) electrons. The minimum absolute atomic E-state index is 0.234. The molecule has 2 rings (SSSR count). The van der Waals surface area contributed by atoms with Crippen molar-refractivity contribution in [2.75, 3.05) is 12.4 Å². The summed E-state index contributed by atoms with van der Waals surface area (Å²) in [5.41, 5.74) is 2.22. The van der Waals surface area contributed by atoms with Crippen LogP contribution in [0.15, 0.2) is 47.4 Å². The van der Waals surface area contributed by atoms with Crippen LogP contribution in [0.4, 0.5) is 0 Å². The van der Waals surface area contributed by atoms with Crippen molar-refractivity contribution in [2.24, 2.45) is 5.92 Å². The molecule has 0 saturated heterocycles. The second-order valence-corrected chi connectivity index (χ2v) is 6.23. The van der Waals surface area contributed by atoms with Gasteiger partial charge in [-0.25, -0.2) is 4.79 Å². The molecule has 0 amide bonds. The number of unbranched alkanes of at least 4 members (excludes halogenated alkanes) is 2. The van der Waals surface area contributed by atoms with Crippen LogP contribution >= 0.6 is 11.9 Å². The number of hydrogen-bond donors (Lipinski definition) is 2. The van der Waals surface area contributed by atoms with Crippen LogP contribution in [0.1, 0.15) is 32.6 Å². The zero-order valence-electron chi connectivity index (χ0n) is 12.9. The van der Waals surface area contributed by atoms with Crippen LogP contribution in [0.3, 0.4) is 0 Å². The smallest absolute Gasteiger partial charge is 0.341 e. The van der Waals surface area contributed by atoms with Crippen LogP contribution in [0.25, 0.3) is 0 Å². The van der Waals surface area contributed by atoms with Gasteiger partial charge < -0.3 is 14.6 Å². The fraction of sp³-hybridized carbons (Fsp3) is 0.471. The molecule has 0 saturated carbocycles. The van der Waals surface area contributed by atoms with Crippen LogP contribution in [0, 0.1) is 5.92 Å². The van der Waals surface area contributed by atoms with E-state index in [2.05, 4.69) is 17.7 Å². The number of carbonyl (C=O) groups is 1. The molecule has 0 fully saturated rings. The van der Waals surface area contributed by atoms with Crippen molar-refractivity contribution in [2.45, 2.75) is 32.6 Å². The Morgan fingerprint density at radius 3 is 3.09 bits per heavy atom. The van der Waals surface area contributed by atoms with Crippen LogP contribution in [0.5, 0.6) is 0 Å². The molecule has 4 nitrogen and oxygen atoms in total. The summed E-state index contributed by atoms with van der Waals surface area (Å²) in [4.78, 5) is 10.7. The van der Waals surface area contributed by atoms with Crippen molar-refractivity contribution in [3.05, 3.63) is 47.4 Å². The molecule has 0 heterocycles. The maximum absolute atomic E-state index is 10.7. The van der Waals surface area contributed by atoms with Gasteiger partial charge in [0.15, 0.2) is 6.61 Å². The van der Waals surface area contributed by atoms with E-state index in [1.165, 1.54) is 25.0 Å². The van der Waals surface area contributed by atoms with E-state index in [4.69, 9.17) is 9.84 Å². The van der Waals surface area contributed by atoms with E-state index >= 15 is 0 Å². The van der Waals surface area contributed by atoms with E-state index in [1.807, 2.05) is 24.3 Å². The molecule has 1 unspecified atom stereocenters. The van der Waals surface area contributed by atoms with Gasteiger partial charge in [0.1, 0.15) is 5.76 Å². The SMILES string of the molecule is CCCCCSNC1=CC=CC2=C(OCC(=O)O)C=CCC12. The summed E-state index contributed by atoms with van der Waals surface area (Å²) in [6.07, 6.45) is 14.6. The first-order valence-electron chi connectivity index (χ1n) is 7.73. The fourth-order valence-corrected chi connectivity index (χ4v) is 3.33. The molecular formula is C17H23NO3S. The van der Waals surface area contributed by atoms with Gasteiger partial charge in [-0.1, -0.05) is 49.9 Å². The second-order valence-electron chi connectivity index (χ2n) is 5.33. The van der Waals surface area contributed by atoms with Crippen molar-refractivity contribution in [1.82, 2.24) is 4.72 Å². The standard InChI is InChI=1S/C17H23NO3S/c1-2-3-4-11-22-18-15-9-5-8-14-13(15)7-6-10-16(14)21-12-17(19)20/h5-6,8-10,13,18H,2-4,7,11-12H2,1H3,(H,19,20). The molecule has 120 valence electrons. The Labute approximate surface area is 136 Å². The van der Waals surface area contributed by atoms with Crippen molar-refractivity contribution < 1.29 is 14.6 Å². The van der Waals surface area contributed by atoms with Crippen molar-refractivity contribution in [3.8, 4) is 0 Å². The average molecular weight is 321 g/mol. The first kappa shape index (κ1) is 16.7. The second kappa shape index (κ2) is 8.73. The molecule has 0 aromatic heterocycles. The lowest BCUT2D eigenvalue weighted by Gasteiger charge is -2.28. The number of rotatable bonds is 9. The first-order chi connectivity index (χ1) is 10.7. The van der Waals surface area contributed by atoms with Crippen LogP contribution in [0.2, 0.25) is 0 Å². The maximum atomic E-state index is 10.7. The highest BCUT2D eigenvalue weighted by Crippen LogP contribution is 2.34. The molecule has 0 spiro atoms. The molecule has 0 aliphatic heterocycles. The number of ether oxygens (including phenoxy) is 1. The number of carboxylic acid groups (broad SMARTS) is 1. The summed E-state index contributed by atoms with van der Waals surface area (Å²) >= 11 is 1.74. The fourth-order valence-electron chi connectivity index (χ4n) is 2.51. The van der Waals surface area contributed by atoms with Crippen LogP contribution in [-0.4, -0.2) is 23.4 Å². The van der Waals surface area contributed by atoms with Gasteiger partial charge in [-0.2, -0.15) is 0 Å². The lowest BCUT2D eigenvalue weighted by atomic mass is 9.85. The van der Waals surface area contributed by atoms with Gasteiger partial charge in [-0.3, -0.25) is 0 Å². The van der Waals surface area contributed by atoms with E-state index in [1.54, 1.807) is 11.9 Å². The highest BCUT2D eigenvalue weighted by molar-refractivity contribution is 7.97. The largest absolute Gasteiger partial charge is 0.482 e. The first-order valence-corrected chi connectivity index (χ1v) is 8.72. The Balaban J connectivity index is 1.95. The number of nitrogens with one attached hydrogen (secondary N) is 1. The number of allylic oxidation sites excluding steroid dienone is 6. The summed E-state index contributed by atoms with van der Waals surface area (Å²) in [5, 5.41) is 8.76. The van der Waals surface area contributed by atoms with E-state index in [9.17, 15) is 4.79 Å². The van der Waals surface area contributed by atoms with E-state index in [0.717, 1.165) is 17.7 Å². The molecule has 0 bridgehead atoms. The monoisotopic (exact) mass is 321 g/mol. The third-order valence-corrected chi connectivity index (χ3v) is 4.49. The lowest BCUT2D eigenvalue weighted by molar-refractivity contribution is -0.140. The minimum Gasteiger partial charge on any atom is -0.482 e. The van der Waals surface area contributed by atoms with Crippen molar-refractivity contribution in [1.29, 1.82) is 0 Å². The lowest BCUT2D eigenvalue weighted by Crippen LogP contribution is -2.21. The number of carboxylic acids is 1. The summed E-state index contributed by atoms with van der Waals surface area (Å²) in [6, 6.07) is 0. The minimum atomic E-state index is -0.955. The number of hydrogen-bond acceptors (Lipinski definition) is 4. The quantitative estimate of drug-likeness (QED) is 0.500. The third-order valence-electron chi connectivity index (χ3n) is 3.62. The predicted molar refractivity (Wildman–Crippen MR) is 90.2 cm³/mol. The Morgan fingerprint density at radius 1 is 1.45 bits per heavy atom. The van der Waals surface area contributed by atoms with Gasteiger partial charge in [-0.15, -0.1) is 0 Å². The molecule has 0 aromatic carbocycles. The molecule has 2 aliphatic carbocycles. The van der Waals surface area contributed by atoms with Crippen LogP contribution < -0.4 is 4.72 Å². The highest BCUT2D eigenvalue weighted by Gasteiger charge is 2.25. The topological polar surface area (TPSA) is 58.6 Å². The number of aliphatic carboxylic acids is 1. The Morgan fingerprint density at radius 2 is 2.32 bits per heavy atom. The molecular weight excluding hydrogens is 298 g/mol. The van der Waals surface area contributed by atoms with Gasteiger partial charge in [0.2, 0.25) is 0 Å². The summed E-state index contributed by atoms with van der Waals surface area (Å²) < 4.78 is 8.85. The van der Waals surface area contributed by atoms with Gasteiger partial charge in [0, 0.05) is 22.9 Å². The van der Waals surface area contributed by atoms with Crippen LogP contribution in [-0.2, 0) is 9.53 Å². The van der Waals surface area contributed by atoms with Gasteiger partial charge in [0.05, 0.1) is 0 Å². The molecule has 2 N–H and O–H groups in total. The van der Waals surface area contributed by atoms with E-state index in [-0.39, 0.29) is 12.5 Å².